The lowest BCUT2D eigenvalue weighted by atomic mass is 10.0. The van der Waals surface area contributed by atoms with Gasteiger partial charge >= 0.3 is 0 Å². The van der Waals surface area contributed by atoms with E-state index in [1.165, 1.54) is 12.1 Å². The lowest BCUT2D eigenvalue weighted by Crippen LogP contribution is -2.56. The van der Waals surface area contributed by atoms with E-state index in [0.717, 1.165) is 12.1 Å². The molecule has 160 valence electrons. The largest absolute Gasteiger partial charge is 0.366 e. The van der Waals surface area contributed by atoms with Crippen LogP contribution in [0.2, 0.25) is 0 Å². The van der Waals surface area contributed by atoms with Gasteiger partial charge in [-0.3, -0.25) is 9.59 Å². The maximum Gasteiger partial charge on any atom is 0.257 e. The highest BCUT2D eigenvalue weighted by atomic mass is 19.1. The Morgan fingerprint density at radius 3 is 2.00 bits per heavy atom. The SMILES string of the molecule is CC(C)[C@H](NC(=O)c1c(F)cccc1F)C(=O)N1CCN(c2ccccc2F)CC1. The number of benzene rings is 2. The molecule has 2 amide bonds. The molecule has 0 aliphatic carbocycles. The Balaban J connectivity index is 1.68. The first-order valence-electron chi connectivity index (χ1n) is 9.82. The molecular weight excluding hydrogens is 395 g/mol. The molecule has 30 heavy (non-hydrogen) atoms. The van der Waals surface area contributed by atoms with E-state index >= 15 is 0 Å². The summed E-state index contributed by atoms with van der Waals surface area (Å²) in [7, 11) is 0. The van der Waals surface area contributed by atoms with Gasteiger partial charge in [0, 0.05) is 26.2 Å². The highest BCUT2D eigenvalue weighted by Crippen LogP contribution is 2.21. The number of nitrogens with one attached hydrogen (secondary N) is 1. The van der Waals surface area contributed by atoms with Crippen LogP contribution >= 0.6 is 0 Å². The molecule has 3 rings (SSSR count). The van der Waals surface area contributed by atoms with Gasteiger partial charge in [-0.25, -0.2) is 13.2 Å². The lowest BCUT2D eigenvalue weighted by molar-refractivity contribution is -0.134. The van der Waals surface area contributed by atoms with Crippen molar-refractivity contribution in [2.75, 3.05) is 31.1 Å². The molecule has 0 bridgehead atoms. The predicted molar refractivity (Wildman–Crippen MR) is 108 cm³/mol. The summed E-state index contributed by atoms with van der Waals surface area (Å²) in [6.45, 7) is 5.06. The molecule has 1 heterocycles. The zero-order valence-corrected chi connectivity index (χ0v) is 16.9. The summed E-state index contributed by atoms with van der Waals surface area (Å²) >= 11 is 0. The fraction of sp³-hybridized carbons (Fsp3) is 0.364. The molecule has 1 aliphatic heterocycles. The molecule has 5 nitrogen and oxygen atoms in total. The van der Waals surface area contributed by atoms with Gasteiger partial charge < -0.3 is 15.1 Å². The summed E-state index contributed by atoms with van der Waals surface area (Å²) in [5, 5.41) is 2.48. The third-order valence-electron chi connectivity index (χ3n) is 5.19. The molecule has 1 saturated heterocycles. The van der Waals surface area contributed by atoms with Crippen molar-refractivity contribution in [3.63, 3.8) is 0 Å². The minimum atomic E-state index is -0.985. The van der Waals surface area contributed by atoms with Crippen LogP contribution in [0, 0.1) is 23.4 Å². The molecule has 0 aromatic heterocycles. The number of anilines is 1. The fourth-order valence-electron chi connectivity index (χ4n) is 3.51. The van der Waals surface area contributed by atoms with E-state index in [4.69, 9.17) is 0 Å². The molecule has 0 radical (unpaired) electrons. The van der Waals surface area contributed by atoms with Crippen molar-refractivity contribution in [3.05, 3.63) is 65.5 Å². The topological polar surface area (TPSA) is 52.7 Å². The molecule has 0 saturated carbocycles. The number of para-hydroxylation sites is 1. The van der Waals surface area contributed by atoms with E-state index in [-0.39, 0.29) is 17.6 Å². The van der Waals surface area contributed by atoms with Gasteiger partial charge in [0.05, 0.1) is 5.69 Å². The van der Waals surface area contributed by atoms with E-state index in [2.05, 4.69) is 5.32 Å². The van der Waals surface area contributed by atoms with Crippen molar-refractivity contribution >= 4 is 17.5 Å². The summed E-state index contributed by atoms with van der Waals surface area (Å²) in [6, 6.07) is 8.66. The highest BCUT2D eigenvalue weighted by molar-refractivity contribution is 5.98. The fourth-order valence-corrected chi connectivity index (χ4v) is 3.51. The molecule has 0 spiro atoms. The van der Waals surface area contributed by atoms with Crippen LogP contribution in [0.5, 0.6) is 0 Å². The number of carbonyl (C=O) groups is 2. The average Bonchev–Trinajstić information content (AvgIpc) is 2.72. The Morgan fingerprint density at radius 2 is 1.43 bits per heavy atom. The van der Waals surface area contributed by atoms with Crippen molar-refractivity contribution in [2.45, 2.75) is 19.9 Å². The standard InChI is InChI=1S/C22H24F3N3O2/c1-14(2)20(26-21(29)19-16(24)7-5-8-17(19)25)22(30)28-12-10-27(11-13-28)18-9-4-3-6-15(18)23/h3-9,14,20H,10-13H2,1-2H3,(H,26,29)/t20-/m0/s1. The third kappa shape index (κ3) is 4.58. The van der Waals surface area contributed by atoms with E-state index in [1.54, 1.807) is 36.9 Å². The quantitative estimate of drug-likeness (QED) is 0.810. The smallest absolute Gasteiger partial charge is 0.257 e. The summed E-state index contributed by atoms with van der Waals surface area (Å²) in [5.74, 6) is -3.88. The van der Waals surface area contributed by atoms with Crippen molar-refractivity contribution in [2.24, 2.45) is 5.92 Å². The first kappa shape index (κ1) is 21.7. The molecule has 1 N–H and O–H groups in total. The monoisotopic (exact) mass is 419 g/mol. The van der Waals surface area contributed by atoms with Crippen molar-refractivity contribution in [1.29, 1.82) is 0 Å². The molecule has 1 fully saturated rings. The maximum atomic E-state index is 14.0. The minimum Gasteiger partial charge on any atom is -0.366 e. The molecular formula is C22H24F3N3O2. The van der Waals surface area contributed by atoms with Gasteiger partial charge in [-0.2, -0.15) is 0 Å². The second kappa shape index (κ2) is 9.19. The van der Waals surface area contributed by atoms with E-state index in [0.29, 0.717) is 31.9 Å². The maximum absolute atomic E-state index is 14.0. The molecule has 1 atom stereocenters. The van der Waals surface area contributed by atoms with Gasteiger partial charge in [-0.1, -0.05) is 32.0 Å². The Hall–Kier alpha value is -3.03. The van der Waals surface area contributed by atoms with Crippen LogP contribution in [0.1, 0.15) is 24.2 Å². The summed E-state index contributed by atoms with van der Waals surface area (Å²) in [6.07, 6.45) is 0. The van der Waals surface area contributed by atoms with Gasteiger partial charge in [-0.15, -0.1) is 0 Å². The Kier molecular flexibility index (Phi) is 6.64. The van der Waals surface area contributed by atoms with Crippen LogP contribution in [0.15, 0.2) is 42.5 Å². The summed E-state index contributed by atoms with van der Waals surface area (Å²) in [4.78, 5) is 28.9. The highest BCUT2D eigenvalue weighted by Gasteiger charge is 2.32. The van der Waals surface area contributed by atoms with Gasteiger partial charge in [0.1, 0.15) is 29.1 Å². The van der Waals surface area contributed by atoms with E-state index in [1.807, 2.05) is 4.90 Å². The van der Waals surface area contributed by atoms with E-state index < -0.39 is 29.1 Å². The van der Waals surface area contributed by atoms with Crippen LogP contribution in [0.3, 0.4) is 0 Å². The average molecular weight is 419 g/mol. The Labute approximate surface area is 173 Å². The predicted octanol–water partition coefficient (Wildman–Crippen LogP) is 3.21. The Morgan fingerprint density at radius 1 is 0.867 bits per heavy atom. The molecule has 8 heteroatoms. The second-order valence-electron chi connectivity index (χ2n) is 7.56. The molecule has 2 aromatic rings. The van der Waals surface area contributed by atoms with Gasteiger partial charge in [-0.05, 0) is 30.2 Å². The first-order chi connectivity index (χ1) is 14.3. The number of hydrogen-bond donors (Lipinski definition) is 1. The summed E-state index contributed by atoms with van der Waals surface area (Å²) in [5.41, 5.74) is -0.228. The van der Waals surface area contributed by atoms with Crippen LogP contribution < -0.4 is 10.2 Å². The number of rotatable bonds is 5. The normalized spacial score (nSPS) is 15.3. The number of nitrogens with zero attached hydrogens (tertiary/aromatic N) is 2. The summed E-state index contributed by atoms with van der Waals surface area (Å²) < 4.78 is 41.8. The van der Waals surface area contributed by atoms with Crippen LogP contribution in [-0.2, 0) is 4.79 Å². The zero-order chi connectivity index (χ0) is 21.8. The molecule has 1 aliphatic rings. The zero-order valence-electron chi connectivity index (χ0n) is 16.9. The lowest BCUT2D eigenvalue weighted by Gasteiger charge is -2.38. The van der Waals surface area contributed by atoms with Crippen molar-refractivity contribution in [1.82, 2.24) is 10.2 Å². The van der Waals surface area contributed by atoms with E-state index in [9.17, 15) is 22.8 Å². The number of amides is 2. The third-order valence-corrected chi connectivity index (χ3v) is 5.19. The minimum absolute atomic E-state index is 0.291. The Bertz CT molecular complexity index is 907. The first-order valence-corrected chi connectivity index (χ1v) is 9.82. The van der Waals surface area contributed by atoms with Crippen LogP contribution in [0.4, 0.5) is 18.9 Å². The number of hydrogen-bond acceptors (Lipinski definition) is 3. The van der Waals surface area contributed by atoms with Gasteiger partial charge in [0.2, 0.25) is 5.91 Å². The second-order valence-corrected chi connectivity index (χ2v) is 7.56. The van der Waals surface area contributed by atoms with Crippen LogP contribution in [0.25, 0.3) is 0 Å². The van der Waals surface area contributed by atoms with Gasteiger partial charge in [0.25, 0.3) is 5.91 Å². The number of carbonyl (C=O) groups excluding carboxylic acids is 2. The number of halogens is 3. The molecule has 0 unspecified atom stereocenters. The van der Waals surface area contributed by atoms with Gasteiger partial charge in [0.15, 0.2) is 0 Å². The number of piperazine rings is 1. The van der Waals surface area contributed by atoms with Crippen LogP contribution in [-0.4, -0.2) is 48.9 Å². The van der Waals surface area contributed by atoms with Crippen molar-refractivity contribution in [3.8, 4) is 0 Å². The molecule has 2 aromatic carbocycles. The van der Waals surface area contributed by atoms with Crippen molar-refractivity contribution < 1.29 is 22.8 Å².